The summed E-state index contributed by atoms with van der Waals surface area (Å²) in [6.45, 7) is 0. The van der Waals surface area contributed by atoms with Crippen molar-refractivity contribution in [1.29, 1.82) is 0 Å². The summed E-state index contributed by atoms with van der Waals surface area (Å²) < 4.78 is 0. The summed E-state index contributed by atoms with van der Waals surface area (Å²) in [5, 5.41) is 6.05. The number of amides is 5. The van der Waals surface area contributed by atoms with Gasteiger partial charge in [-0.2, -0.15) is 0 Å². The first-order valence-electron chi connectivity index (χ1n) is 2.77. The fraction of sp³-hybridized carbons (Fsp3) is 0.250. The van der Waals surface area contributed by atoms with Gasteiger partial charge in [0.25, 0.3) is 5.91 Å². The molecule has 0 aromatic carbocycles. The van der Waals surface area contributed by atoms with Crippen molar-refractivity contribution in [3.05, 3.63) is 0 Å². The maximum atomic E-state index is 10.7. The highest BCUT2D eigenvalue weighted by molar-refractivity contribution is 6.05. The molecule has 1 fully saturated rings. The third-order valence-corrected chi connectivity index (χ3v) is 1.06. The Labute approximate surface area is 90.3 Å². The van der Waals surface area contributed by atoms with Gasteiger partial charge in [0.05, 0.1) is 0 Å². The standard InChI is InChI=1S/C4H6N4O3.Al.ClH.3H/c5-3(10)6-1-2(9)8-4(11)7-1;;;;;/h1H,(H3,5,6,10)(H2,7,8,9,11);;1H;;;. The van der Waals surface area contributed by atoms with Crippen LogP contribution in [0.3, 0.4) is 0 Å². The van der Waals surface area contributed by atoms with E-state index < -0.39 is 24.1 Å². The SMILES string of the molecule is Cl.NC(=O)NC1NC(=O)NC1=O.[AlH3]. The van der Waals surface area contributed by atoms with Gasteiger partial charge in [0.15, 0.2) is 23.5 Å². The molecule has 1 heterocycles. The maximum absolute atomic E-state index is 10.7. The Morgan fingerprint density at radius 2 is 2.00 bits per heavy atom. The minimum absolute atomic E-state index is 0. The summed E-state index contributed by atoms with van der Waals surface area (Å²) in [5.41, 5.74) is 4.70. The summed E-state index contributed by atoms with van der Waals surface area (Å²) in [5.74, 6) is -0.617. The molecule has 5 N–H and O–H groups in total. The van der Waals surface area contributed by atoms with Gasteiger partial charge in [0, 0.05) is 0 Å². The number of hydrogen-bond acceptors (Lipinski definition) is 3. The van der Waals surface area contributed by atoms with Crippen LogP contribution in [0.5, 0.6) is 0 Å². The Morgan fingerprint density at radius 1 is 1.46 bits per heavy atom. The number of urea groups is 2. The van der Waals surface area contributed by atoms with Gasteiger partial charge in [-0.15, -0.1) is 12.4 Å². The quantitative estimate of drug-likeness (QED) is 0.282. The molecule has 7 nitrogen and oxygen atoms in total. The Morgan fingerprint density at radius 3 is 2.31 bits per heavy atom. The molecule has 0 aromatic heterocycles. The van der Waals surface area contributed by atoms with E-state index in [9.17, 15) is 14.4 Å². The molecular weight excluding hydrogens is 215 g/mol. The first-order chi connectivity index (χ1) is 5.09. The Hall–Kier alpha value is -0.968. The third kappa shape index (κ3) is 3.98. The zero-order chi connectivity index (χ0) is 8.43. The summed E-state index contributed by atoms with van der Waals surface area (Å²) in [4.78, 5) is 31.3. The van der Waals surface area contributed by atoms with Crippen molar-refractivity contribution < 1.29 is 14.4 Å². The molecule has 74 valence electrons. The molecule has 1 unspecified atom stereocenters. The van der Waals surface area contributed by atoms with E-state index in [1.54, 1.807) is 0 Å². The molecule has 0 spiro atoms. The molecule has 13 heavy (non-hydrogen) atoms. The average molecular weight is 225 g/mol. The molecule has 0 aromatic rings. The van der Waals surface area contributed by atoms with Crippen LogP contribution >= 0.6 is 12.4 Å². The van der Waals surface area contributed by atoms with Gasteiger partial charge < -0.3 is 16.4 Å². The lowest BCUT2D eigenvalue weighted by Crippen LogP contribution is -2.48. The number of halogens is 1. The number of nitrogens with one attached hydrogen (secondary N) is 3. The predicted octanol–water partition coefficient (Wildman–Crippen LogP) is -2.94. The Kier molecular flexibility index (Phi) is 6.31. The van der Waals surface area contributed by atoms with Crippen LogP contribution in [0, 0.1) is 0 Å². The van der Waals surface area contributed by atoms with Gasteiger partial charge in [0.2, 0.25) is 0 Å². The number of imide groups is 1. The van der Waals surface area contributed by atoms with Gasteiger partial charge in [-0.3, -0.25) is 10.1 Å². The van der Waals surface area contributed by atoms with Crippen LogP contribution in [-0.4, -0.2) is 41.5 Å². The van der Waals surface area contributed by atoms with Crippen LogP contribution in [-0.2, 0) is 4.79 Å². The Balaban J connectivity index is 0. The van der Waals surface area contributed by atoms with Crippen LogP contribution in [0.25, 0.3) is 0 Å². The van der Waals surface area contributed by atoms with Crippen molar-refractivity contribution in [2.24, 2.45) is 5.73 Å². The zero-order valence-corrected chi connectivity index (χ0v) is 6.60. The molecule has 9 heteroatoms. The lowest BCUT2D eigenvalue weighted by molar-refractivity contribution is -0.120. The van der Waals surface area contributed by atoms with Crippen LogP contribution < -0.4 is 21.7 Å². The normalized spacial score (nSPS) is 18.9. The van der Waals surface area contributed by atoms with Gasteiger partial charge >= 0.3 is 12.1 Å². The third-order valence-electron chi connectivity index (χ3n) is 1.06. The van der Waals surface area contributed by atoms with Gasteiger partial charge in [-0.25, -0.2) is 9.59 Å². The molecule has 1 atom stereocenters. The van der Waals surface area contributed by atoms with E-state index in [1.165, 1.54) is 0 Å². The summed E-state index contributed by atoms with van der Waals surface area (Å²) >= 11 is 0. The second-order valence-corrected chi connectivity index (χ2v) is 1.90. The highest BCUT2D eigenvalue weighted by Gasteiger charge is 2.29. The number of rotatable bonds is 1. The number of carbonyl (C=O) groups excluding carboxylic acids is 3. The van der Waals surface area contributed by atoms with E-state index in [0.29, 0.717) is 0 Å². The van der Waals surface area contributed by atoms with E-state index in [-0.39, 0.29) is 29.8 Å². The highest BCUT2D eigenvalue weighted by atomic mass is 35.5. The molecule has 5 amide bonds. The van der Waals surface area contributed by atoms with E-state index in [4.69, 9.17) is 5.73 Å². The second kappa shape index (κ2) is 5.64. The van der Waals surface area contributed by atoms with Crippen LogP contribution in [0.1, 0.15) is 0 Å². The van der Waals surface area contributed by atoms with Gasteiger partial charge in [-0.05, 0) is 0 Å². The highest BCUT2D eigenvalue weighted by Crippen LogP contribution is 1.86. The summed E-state index contributed by atoms with van der Waals surface area (Å²) in [7, 11) is 0. The van der Waals surface area contributed by atoms with Crippen molar-refractivity contribution in [3.8, 4) is 0 Å². The predicted molar refractivity (Wildman–Crippen MR) is 50.4 cm³/mol. The largest absolute Gasteiger partial charge is 0.352 e. The van der Waals surface area contributed by atoms with E-state index in [0.717, 1.165) is 0 Å². The van der Waals surface area contributed by atoms with Crippen molar-refractivity contribution in [2.45, 2.75) is 6.17 Å². The molecule has 1 aliphatic rings. The lowest BCUT2D eigenvalue weighted by Gasteiger charge is -2.05. The van der Waals surface area contributed by atoms with Crippen molar-refractivity contribution in [2.75, 3.05) is 0 Å². The monoisotopic (exact) mass is 224 g/mol. The first-order valence-corrected chi connectivity index (χ1v) is 2.77. The maximum Gasteiger partial charge on any atom is 0.323 e. The number of carbonyl (C=O) groups is 3. The molecule has 0 saturated carbocycles. The minimum Gasteiger partial charge on any atom is -0.352 e. The minimum atomic E-state index is -1.04. The van der Waals surface area contributed by atoms with Crippen molar-refractivity contribution >= 4 is 47.7 Å². The van der Waals surface area contributed by atoms with E-state index >= 15 is 0 Å². The fourth-order valence-electron chi connectivity index (χ4n) is 0.661. The average Bonchev–Trinajstić information content (AvgIpc) is 2.09. The van der Waals surface area contributed by atoms with Gasteiger partial charge in [0.1, 0.15) is 0 Å². The molecule has 1 saturated heterocycles. The topological polar surface area (TPSA) is 113 Å². The van der Waals surface area contributed by atoms with Crippen LogP contribution in [0.2, 0.25) is 0 Å². The fourth-order valence-corrected chi connectivity index (χ4v) is 0.661. The Bertz CT molecular complexity index is 235. The molecule has 0 radical (unpaired) electrons. The van der Waals surface area contributed by atoms with Crippen LogP contribution in [0.4, 0.5) is 9.59 Å². The van der Waals surface area contributed by atoms with E-state index in [2.05, 4.69) is 5.32 Å². The molecule has 0 aliphatic carbocycles. The van der Waals surface area contributed by atoms with Crippen molar-refractivity contribution in [3.63, 3.8) is 0 Å². The molecule has 1 rings (SSSR count). The van der Waals surface area contributed by atoms with Crippen molar-refractivity contribution in [1.82, 2.24) is 16.0 Å². The summed E-state index contributed by atoms with van der Waals surface area (Å²) in [6, 6.07) is -1.51. The number of hydrogen-bond donors (Lipinski definition) is 4. The smallest absolute Gasteiger partial charge is 0.323 e. The second-order valence-electron chi connectivity index (χ2n) is 1.90. The van der Waals surface area contributed by atoms with E-state index in [1.807, 2.05) is 10.6 Å². The first kappa shape index (κ1) is 14.6. The molecular formula is C4H10AlClN4O3. The number of primary amides is 1. The molecule has 0 bridgehead atoms. The number of nitrogens with two attached hydrogens (primary N) is 1. The summed E-state index contributed by atoms with van der Waals surface area (Å²) in [6.07, 6.45) is -1.04. The zero-order valence-electron chi connectivity index (χ0n) is 5.79. The molecule has 1 aliphatic heterocycles. The lowest BCUT2D eigenvalue weighted by atomic mass is 10.5. The van der Waals surface area contributed by atoms with Crippen LogP contribution in [0.15, 0.2) is 0 Å². The van der Waals surface area contributed by atoms with Gasteiger partial charge in [-0.1, -0.05) is 0 Å².